The minimum atomic E-state index is -4.72. The van der Waals surface area contributed by atoms with Gasteiger partial charge in [0, 0.05) is 5.39 Å². The summed E-state index contributed by atoms with van der Waals surface area (Å²) in [4.78, 5) is 26.9. The van der Waals surface area contributed by atoms with E-state index in [1.54, 1.807) is 25.1 Å². The number of alkyl halides is 3. The second-order valence-corrected chi connectivity index (χ2v) is 6.87. The number of rotatable bonds is 4. The number of carbonyl (C=O) groups excluding carboxylic acids is 2. The molecule has 0 aliphatic rings. The first kappa shape index (κ1) is 21.4. The Morgan fingerprint density at radius 3 is 2.27 bits per heavy atom. The largest absolute Gasteiger partial charge is 0.467 e. The van der Waals surface area contributed by atoms with Crippen LogP contribution < -0.4 is 4.90 Å². The average molecular weight is 415 g/mol. The van der Waals surface area contributed by atoms with Crippen LogP contribution in [0.2, 0.25) is 0 Å². The molecule has 156 valence electrons. The zero-order valence-corrected chi connectivity index (χ0v) is 16.7. The first-order chi connectivity index (χ1) is 14.2. The molecular formula is C23H20F3NO3. The lowest BCUT2D eigenvalue weighted by Gasteiger charge is -2.31. The second kappa shape index (κ2) is 8.18. The highest BCUT2D eigenvalue weighted by Crippen LogP contribution is 2.36. The number of hydrogen-bond acceptors (Lipinski definition) is 3. The number of fused-ring (bicyclic) bond motifs is 1. The van der Waals surface area contributed by atoms with Crippen LogP contribution >= 0.6 is 0 Å². The van der Waals surface area contributed by atoms with Crippen LogP contribution in [0.5, 0.6) is 0 Å². The molecule has 0 radical (unpaired) electrons. The Bertz CT molecular complexity index is 1110. The fourth-order valence-electron chi connectivity index (χ4n) is 3.48. The summed E-state index contributed by atoms with van der Waals surface area (Å²) in [6, 6.07) is 14.2. The van der Waals surface area contributed by atoms with Gasteiger partial charge in [-0.25, -0.2) is 4.79 Å². The van der Waals surface area contributed by atoms with Crippen molar-refractivity contribution in [1.82, 2.24) is 0 Å². The van der Waals surface area contributed by atoms with E-state index in [0.29, 0.717) is 16.6 Å². The summed E-state index contributed by atoms with van der Waals surface area (Å²) < 4.78 is 45.5. The van der Waals surface area contributed by atoms with Crippen LogP contribution in [0.1, 0.15) is 28.4 Å². The fourth-order valence-corrected chi connectivity index (χ4v) is 3.48. The summed E-state index contributed by atoms with van der Waals surface area (Å²) in [5.41, 5.74) is -0.585. The van der Waals surface area contributed by atoms with Gasteiger partial charge in [0.1, 0.15) is 6.04 Å². The molecule has 1 atom stereocenters. The fraction of sp³-hybridized carbons (Fsp3) is 0.217. The van der Waals surface area contributed by atoms with Gasteiger partial charge in [-0.1, -0.05) is 48.5 Å². The molecule has 3 aromatic rings. The quantitative estimate of drug-likeness (QED) is 0.538. The van der Waals surface area contributed by atoms with Crippen molar-refractivity contribution >= 4 is 28.3 Å². The number of hydrogen-bond donors (Lipinski definition) is 0. The van der Waals surface area contributed by atoms with Crippen molar-refractivity contribution in [1.29, 1.82) is 0 Å². The zero-order valence-electron chi connectivity index (χ0n) is 16.7. The molecule has 0 bridgehead atoms. The number of esters is 1. The molecule has 0 aromatic heterocycles. The summed E-state index contributed by atoms with van der Waals surface area (Å²) >= 11 is 0. The number of ether oxygens (including phenoxy) is 1. The van der Waals surface area contributed by atoms with Crippen LogP contribution in [-0.2, 0) is 15.7 Å². The summed E-state index contributed by atoms with van der Waals surface area (Å²) in [6.45, 7) is 3.17. The Morgan fingerprint density at radius 1 is 0.967 bits per heavy atom. The number of amides is 1. The number of nitrogens with zero attached hydrogens (tertiary/aromatic N) is 1. The molecule has 0 unspecified atom stereocenters. The molecule has 0 spiro atoms. The van der Waals surface area contributed by atoms with Gasteiger partial charge in [-0.2, -0.15) is 13.2 Å². The Kier molecular flexibility index (Phi) is 5.82. The standard InChI is InChI=1S/C23H20F3NO3/c1-14-12-13-16-8-4-5-9-17(16)20(14)27(15(2)22(29)30-3)21(28)18-10-6-7-11-19(18)23(24,25)26/h4-13,15H,1-3H3/t15-/m0/s1. The van der Waals surface area contributed by atoms with Crippen LogP contribution in [0.3, 0.4) is 0 Å². The Balaban J connectivity index is 2.29. The van der Waals surface area contributed by atoms with E-state index >= 15 is 0 Å². The lowest BCUT2D eigenvalue weighted by molar-refractivity contribution is -0.141. The number of carbonyl (C=O) groups is 2. The van der Waals surface area contributed by atoms with Crippen molar-refractivity contribution in [2.75, 3.05) is 12.0 Å². The van der Waals surface area contributed by atoms with E-state index in [0.717, 1.165) is 22.4 Å². The average Bonchev–Trinajstić information content (AvgIpc) is 2.73. The molecule has 0 fully saturated rings. The number of methoxy groups -OCH3 is 1. The third kappa shape index (κ3) is 3.87. The van der Waals surface area contributed by atoms with E-state index in [1.807, 2.05) is 18.2 Å². The number of anilines is 1. The molecule has 0 saturated carbocycles. The highest BCUT2D eigenvalue weighted by atomic mass is 19.4. The van der Waals surface area contributed by atoms with E-state index < -0.39 is 35.2 Å². The Morgan fingerprint density at radius 2 is 1.60 bits per heavy atom. The van der Waals surface area contributed by atoms with E-state index in [-0.39, 0.29) is 0 Å². The van der Waals surface area contributed by atoms with Crippen molar-refractivity contribution < 1.29 is 27.5 Å². The number of aryl methyl sites for hydroxylation is 1. The van der Waals surface area contributed by atoms with Gasteiger partial charge >= 0.3 is 12.1 Å². The van der Waals surface area contributed by atoms with E-state index in [4.69, 9.17) is 4.74 Å². The van der Waals surface area contributed by atoms with E-state index in [9.17, 15) is 22.8 Å². The second-order valence-electron chi connectivity index (χ2n) is 6.87. The summed E-state index contributed by atoms with van der Waals surface area (Å²) in [7, 11) is 1.17. The summed E-state index contributed by atoms with van der Waals surface area (Å²) in [6.07, 6.45) is -4.72. The number of halogens is 3. The Hall–Kier alpha value is -3.35. The van der Waals surface area contributed by atoms with Gasteiger partial charge in [-0.3, -0.25) is 9.69 Å². The van der Waals surface area contributed by atoms with Crippen LogP contribution in [0.15, 0.2) is 60.7 Å². The van der Waals surface area contributed by atoms with Gasteiger partial charge in [0.15, 0.2) is 0 Å². The molecule has 0 aliphatic carbocycles. The van der Waals surface area contributed by atoms with Gasteiger partial charge in [-0.15, -0.1) is 0 Å². The molecule has 7 heteroatoms. The molecule has 1 amide bonds. The monoisotopic (exact) mass is 415 g/mol. The van der Waals surface area contributed by atoms with Gasteiger partial charge in [0.05, 0.1) is 23.9 Å². The zero-order chi connectivity index (χ0) is 22.1. The van der Waals surface area contributed by atoms with Crippen LogP contribution in [0, 0.1) is 6.92 Å². The molecule has 4 nitrogen and oxygen atoms in total. The van der Waals surface area contributed by atoms with E-state index in [2.05, 4.69) is 0 Å². The van der Waals surface area contributed by atoms with Gasteiger partial charge < -0.3 is 4.74 Å². The molecular weight excluding hydrogens is 395 g/mol. The van der Waals surface area contributed by atoms with Gasteiger partial charge in [0.2, 0.25) is 0 Å². The van der Waals surface area contributed by atoms with Crippen molar-refractivity contribution in [3.63, 3.8) is 0 Å². The maximum atomic E-state index is 13.6. The minimum absolute atomic E-state index is 0.368. The van der Waals surface area contributed by atoms with Crippen molar-refractivity contribution in [3.05, 3.63) is 77.4 Å². The van der Waals surface area contributed by atoms with Crippen LogP contribution in [0.4, 0.5) is 18.9 Å². The summed E-state index contributed by atoms with van der Waals surface area (Å²) in [5.74, 6) is -1.67. The normalized spacial score (nSPS) is 12.5. The van der Waals surface area contributed by atoms with Crippen molar-refractivity contribution in [2.24, 2.45) is 0 Å². The molecule has 0 saturated heterocycles. The van der Waals surface area contributed by atoms with E-state index in [1.165, 1.54) is 26.2 Å². The summed E-state index contributed by atoms with van der Waals surface area (Å²) in [5, 5.41) is 1.43. The molecule has 30 heavy (non-hydrogen) atoms. The molecule has 0 heterocycles. The predicted octanol–water partition coefficient (Wildman–Crippen LogP) is 5.38. The van der Waals surface area contributed by atoms with Gasteiger partial charge in [0.25, 0.3) is 5.91 Å². The highest BCUT2D eigenvalue weighted by molar-refractivity contribution is 6.14. The SMILES string of the molecule is COC(=O)[C@H](C)N(C(=O)c1ccccc1C(F)(F)F)c1c(C)ccc2ccccc12. The molecule has 3 aromatic carbocycles. The van der Waals surface area contributed by atoms with Crippen LogP contribution in [0.25, 0.3) is 10.8 Å². The number of benzene rings is 3. The maximum absolute atomic E-state index is 13.6. The lowest BCUT2D eigenvalue weighted by atomic mass is 9.99. The van der Waals surface area contributed by atoms with Crippen molar-refractivity contribution in [2.45, 2.75) is 26.1 Å². The topological polar surface area (TPSA) is 46.6 Å². The van der Waals surface area contributed by atoms with Crippen LogP contribution in [-0.4, -0.2) is 25.0 Å². The predicted molar refractivity (Wildman–Crippen MR) is 108 cm³/mol. The first-order valence-electron chi connectivity index (χ1n) is 9.22. The molecule has 3 rings (SSSR count). The minimum Gasteiger partial charge on any atom is -0.467 e. The maximum Gasteiger partial charge on any atom is 0.417 e. The highest BCUT2D eigenvalue weighted by Gasteiger charge is 2.38. The third-order valence-electron chi connectivity index (χ3n) is 4.95. The third-order valence-corrected chi connectivity index (χ3v) is 4.95. The van der Waals surface area contributed by atoms with Crippen molar-refractivity contribution in [3.8, 4) is 0 Å². The first-order valence-corrected chi connectivity index (χ1v) is 9.22. The Labute approximate surface area is 171 Å². The lowest BCUT2D eigenvalue weighted by Crippen LogP contribution is -2.45. The molecule has 0 N–H and O–H groups in total. The van der Waals surface area contributed by atoms with Gasteiger partial charge in [-0.05, 0) is 36.9 Å². The smallest absolute Gasteiger partial charge is 0.417 e. The molecule has 0 aliphatic heterocycles.